The van der Waals surface area contributed by atoms with E-state index in [1.807, 2.05) is 52.0 Å². The standard InChI is InChI=1S/C16H19N3O2S2/c1-10-5-7-11(8-6-10)12(20)9-22-15-19-18-14(23-15)17-13(21)16(2,3)4/h5-8H,9H2,1-4H3,(H,17,18,21). The minimum Gasteiger partial charge on any atom is -0.300 e. The van der Waals surface area contributed by atoms with Gasteiger partial charge in [-0.3, -0.25) is 9.59 Å². The normalized spacial score (nSPS) is 11.3. The molecule has 1 N–H and O–H groups in total. The summed E-state index contributed by atoms with van der Waals surface area (Å²) in [5.41, 5.74) is 1.33. The highest BCUT2D eigenvalue weighted by Gasteiger charge is 2.22. The molecule has 0 saturated heterocycles. The number of amides is 1. The number of aromatic nitrogens is 2. The number of rotatable bonds is 5. The quantitative estimate of drug-likeness (QED) is 0.505. The SMILES string of the molecule is Cc1ccc(C(=O)CSc2nnc(NC(=O)C(C)(C)C)s2)cc1. The van der Waals surface area contributed by atoms with Gasteiger partial charge in [0.15, 0.2) is 10.1 Å². The monoisotopic (exact) mass is 349 g/mol. The van der Waals surface area contributed by atoms with Crippen LogP contribution in [0.4, 0.5) is 5.13 Å². The smallest absolute Gasteiger partial charge is 0.231 e. The van der Waals surface area contributed by atoms with Crippen LogP contribution in [0.2, 0.25) is 0 Å². The first kappa shape index (κ1) is 17.6. The summed E-state index contributed by atoms with van der Waals surface area (Å²) < 4.78 is 0.662. The topological polar surface area (TPSA) is 72.0 Å². The maximum atomic E-state index is 12.1. The number of ketones is 1. The van der Waals surface area contributed by atoms with Crippen molar-refractivity contribution >= 4 is 39.9 Å². The van der Waals surface area contributed by atoms with E-state index in [1.165, 1.54) is 23.1 Å². The summed E-state index contributed by atoms with van der Waals surface area (Å²) in [5.74, 6) is 0.233. The number of Topliss-reactive ketones (excluding diaryl/α,β-unsaturated/α-hetero) is 1. The van der Waals surface area contributed by atoms with Crippen molar-refractivity contribution in [2.24, 2.45) is 5.41 Å². The first-order valence-electron chi connectivity index (χ1n) is 7.13. The molecule has 1 amide bonds. The van der Waals surface area contributed by atoms with E-state index >= 15 is 0 Å². The molecule has 7 heteroatoms. The van der Waals surface area contributed by atoms with Crippen LogP contribution in [0.15, 0.2) is 28.6 Å². The molecule has 122 valence electrons. The molecule has 1 heterocycles. The van der Waals surface area contributed by atoms with Crippen molar-refractivity contribution in [3.05, 3.63) is 35.4 Å². The second-order valence-electron chi connectivity index (χ2n) is 6.16. The highest BCUT2D eigenvalue weighted by atomic mass is 32.2. The zero-order chi connectivity index (χ0) is 17.0. The molecule has 0 atom stereocenters. The number of hydrogen-bond acceptors (Lipinski definition) is 6. The molecule has 2 rings (SSSR count). The van der Waals surface area contributed by atoms with Crippen molar-refractivity contribution < 1.29 is 9.59 Å². The zero-order valence-electron chi connectivity index (χ0n) is 13.5. The number of hydrogen-bond donors (Lipinski definition) is 1. The van der Waals surface area contributed by atoms with E-state index in [-0.39, 0.29) is 11.7 Å². The molecule has 0 aliphatic heterocycles. The van der Waals surface area contributed by atoms with Gasteiger partial charge in [0, 0.05) is 11.0 Å². The average molecular weight is 349 g/mol. The molecule has 0 aliphatic rings. The number of carbonyl (C=O) groups excluding carboxylic acids is 2. The molecule has 0 saturated carbocycles. The highest BCUT2D eigenvalue weighted by molar-refractivity contribution is 8.01. The van der Waals surface area contributed by atoms with Gasteiger partial charge in [0.05, 0.1) is 5.75 Å². The Morgan fingerprint density at radius 1 is 1.17 bits per heavy atom. The lowest BCUT2D eigenvalue weighted by atomic mass is 9.96. The largest absolute Gasteiger partial charge is 0.300 e. The predicted molar refractivity (Wildman–Crippen MR) is 94.2 cm³/mol. The van der Waals surface area contributed by atoms with Crippen molar-refractivity contribution in [2.75, 3.05) is 11.1 Å². The number of anilines is 1. The summed E-state index contributed by atoms with van der Waals surface area (Å²) in [6.45, 7) is 7.48. The van der Waals surface area contributed by atoms with Crippen molar-refractivity contribution in [3.8, 4) is 0 Å². The Morgan fingerprint density at radius 2 is 1.83 bits per heavy atom. The van der Waals surface area contributed by atoms with Gasteiger partial charge in [0.1, 0.15) is 0 Å². The Labute approximate surface area is 143 Å². The van der Waals surface area contributed by atoms with Crippen LogP contribution in [-0.2, 0) is 4.79 Å². The van der Waals surface area contributed by atoms with Gasteiger partial charge < -0.3 is 5.32 Å². The van der Waals surface area contributed by atoms with E-state index in [2.05, 4.69) is 15.5 Å². The highest BCUT2D eigenvalue weighted by Crippen LogP contribution is 2.27. The molecular weight excluding hydrogens is 330 g/mol. The third kappa shape index (κ3) is 5.14. The Kier molecular flexibility index (Phi) is 5.54. The number of aryl methyl sites for hydroxylation is 1. The molecule has 0 unspecified atom stereocenters. The van der Waals surface area contributed by atoms with E-state index in [9.17, 15) is 9.59 Å². The van der Waals surface area contributed by atoms with E-state index in [0.717, 1.165) is 5.56 Å². The number of nitrogens with one attached hydrogen (secondary N) is 1. The molecule has 1 aromatic heterocycles. The molecule has 2 aromatic rings. The minimum atomic E-state index is -0.486. The second-order valence-corrected chi connectivity index (χ2v) is 8.36. The molecular formula is C16H19N3O2S2. The second kappa shape index (κ2) is 7.23. The van der Waals surface area contributed by atoms with Crippen LogP contribution in [0.5, 0.6) is 0 Å². The van der Waals surface area contributed by atoms with Crippen molar-refractivity contribution in [1.29, 1.82) is 0 Å². The summed E-state index contributed by atoms with van der Waals surface area (Å²) in [6, 6.07) is 7.49. The fourth-order valence-electron chi connectivity index (χ4n) is 1.55. The van der Waals surface area contributed by atoms with Crippen LogP contribution in [0, 0.1) is 12.3 Å². The Hall–Kier alpha value is -1.73. The number of nitrogens with zero attached hydrogens (tertiary/aromatic N) is 2. The first-order chi connectivity index (χ1) is 10.8. The lowest BCUT2D eigenvalue weighted by Gasteiger charge is -2.15. The Balaban J connectivity index is 1.91. The van der Waals surface area contributed by atoms with Gasteiger partial charge in [-0.05, 0) is 6.92 Å². The van der Waals surface area contributed by atoms with Crippen molar-refractivity contribution in [1.82, 2.24) is 10.2 Å². The third-order valence-electron chi connectivity index (χ3n) is 3.01. The van der Waals surface area contributed by atoms with Gasteiger partial charge in [0.25, 0.3) is 0 Å². The van der Waals surface area contributed by atoms with E-state index < -0.39 is 5.41 Å². The Bertz CT molecular complexity index is 703. The molecule has 5 nitrogen and oxygen atoms in total. The van der Waals surface area contributed by atoms with Crippen LogP contribution in [0.3, 0.4) is 0 Å². The average Bonchev–Trinajstić information content (AvgIpc) is 2.92. The molecule has 0 bridgehead atoms. The van der Waals surface area contributed by atoms with Crippen LogP contribution in [0.25, 0.3) is 0 Å². The summed E-state index contributed by atoms with van der Waals surface area (Å²) in [7, 11) is 0. The van der Waals surface area contributed by atoms with Gasteiger partial charge in [0.2, 0.25) is 11.0 Å². The molecule has 0 radical (unpaired) electrons. The van der Waals surface area contributed by atoms with Crippen molar-refractivity contribution in [2.45, 2.75) is 32.0 Å². The Morgan fingerprint density at radius 3 is 2.43 bits per heavy atom. The minimum absolute atomic E-state index is 0.0467. The lowest BCUT2D eigenvalue weighted by molar-refractivity contribution is -0.123. The molecule has 1 aromatic carbocycles. The lowest BCUT2D eigenvalue weighted by Crippen LogP contribution is -2.27. The van der Waals surface area contributed by atoms with Crippen molar-refractivity contribution in [3.63, 3.8) is 0 Å². The summed E-state index contributed by atoms with van der Waals surface area (Å²) in [5, 5.41) is 11.1. The van der Waals surface area contributed by atoms with Gasteiger partial charge in [-0.15, -0.1) is 10.2 Å². The van der Waals surface area contributed by atoms with Gasteiger partial charge in [-0.25, -0.2) is 0 Å². The van der Waals surface area contributed by atoms with Gasteiger partial charge >= 0.3 is 0 Å². The fraction of sp³-hybridized carbons (Fsp3) is 0.375. The molecule has 0 aliphatic carbocycles. The summed E-state index contributed by atoms with van der Waals surface area (Å²) in [4.78, 5) is 24.0. The first-order valence-corrected chi connectivity index (χ1v) is 8.93. The van der Waals surface area contributed by atoms with Gasteiger partial charge in [-0.2, -0.15) is 0 Å². The number of benzene rings is 1. The molecule has 23 heavy (non-hydrogen) atoms. The summed E-state index contributed by atoms with van der Waals surface area (Å²) >= 11 is 2.60. The van der Waals surface area contributed by atoms with E-state index in [4.69, 9.17) is 0 Å². The maximum Gasteiger partial charge on any atom is 0.231 e. The van der Waals surface area contributed by atoms with Crippen LogP contribution >= 0.6 is 23.1 Å². The molecule has 0 fully saturated rings. The van der Waals surface area contributed by atoms with Crippen LogP contribution < -0.4 is 5.32 Å². The van der Waals surface area contributed by atoms with E-state index in [0.29, 0.717) is 20.8 Å². The maximum absolute atomic E-state index is 12.1. The predicted octanol–water partition coefficient (Wildman–Crippen LogP) is 3.81. The fourth-order valence-corrected chi connectivity index (χ4v) is 3.19. The number of carbonyl (C=O) groups is 2. The zero-order valence-corrected chi connectivity index (χ0v) is 15.2. The third-order valence-corrected chi connectivity index (χ3v) is 4.98. The summed E-state index contributed by atoms with van der Waals surface area (Å²) in [6.07, 6.45) is 0. The molecule has 0 spiro atoms. The van der Waals surface area contributed by atoms with Crippen LogP contribution in [0.1, 0.15) is 36.7 Å². The van der Waals surface area contributed by atoms with Crippen LogP contribution in [-0.4, -0.2) is 27.6 Å². The van der Waals surface area contributed by atoms with Gasteiger partial charge in [-0.1, -0.05) is 73.7 Å². The number of thioether (sulfide) groups is 1. The van der Waals surface area contributed by atoms with E-state index in [1.54, 1.807) is 0 Å².